The molecule has 1 rings (SSSR count). The molecule has 1 aromatic rings. The zero-order chi connectivity index (χ0) is 18.7. The van der Waals surface area contributed by atoms with Gasteiger partial charge < -0.3 is 20.7 Å². The smallest absolute Gasteiger partial charge is 0.226 e. The first kappa shape index (κ1) is 20.9. The van der Waals surface area contributed by atoms with Crippen LogP contribution in [0.1, 0.15) is 52.4 Å². The van der Waals surface area contributed by atoms with Gasteiger partial charge in [0, 0.05) is 24.6 Å². The van der Waals surface area contributed by atoms with Crippen LogP contribution in [-0.2, 0) is 9.59 Å². The molecule has 138 valence electrons. The molecule has 0 saturated heterocycles. The van der Waals surface area contributed by atoms with Crippen molar-refractivity contribution in [3.8, 4) is 5.75 Å². The van der Waals surface area contributed by atoms with Crippen molar-refractivity contribution in [2.24, 2.45) is 0 Å². The molecule has 0 saturated carbocycles. The molecule has 0 aliphatic heterocycles. The molecule has 0 spiro atoms. The number of nitrogens with one attached hydrogen (secondary N) is 3. The maximum atomic E-state index is 11.9. The van der Waals surface area contributed by atoms with Gasteiger partial charge in [0.15, 0.2) is 5.11 Å². The van der Waals surface area contributed by atoms with E-state index in [1.165, 1.54) is 7.11 Å². The van der Waals surface area contributed by atoms with Crippen molar-refractivity contribution >= 4 is 40.5 Å². The predicted octanol–water partition coefficient (Wildman–Crippen LogP) is 3.83. The van der Waals surface area contributed by atoms with Crippen LogP contribution in [0.2, 0.25) is 0 Å². The third kappa shape index (κ3) is 7.98. The van der Waals surface area contributed by atoms with Gasteiger partial charge in [-0.1, -0.05) is 26.7 Å². The van der Waals surface area contributed by atoms with E-state index in [4.69, 9.17) is 17.0 Å². The van der Waals surface area contributed by atoms with Gasteiger partial charge in [0.25, 0.3) is 0 Å². The van der Waals surface area contributed by atoms with Crippen LogP contribution in [0.3, 0.4) is 0 Å². The average Bonchev–Trinajstić information content (AvgIpc) is 2.59. The summed E-state index contributed by atoms with van der Waals surface area (Å²) >= 11 is 5.14. The first-order chi connectivity index (χ1) is 12.0. The minimum Gasteiger partial charge on any atom is -0.494 e. The summed E-state index contributed by atoms with van der Waals surface area (Å²) in [6.07, 6.45) is 4.53. The van der Waals surface area contributed by atoms with E-state index in [-0.39, 0.29) is 16.9 Å². The van der Waals surface area contributed by atoms with Crippen LogP contribution in [0.25, 0.3) is 0 Å². The normalized spacial score (nSPS) is 10.0. The molecular weight excluding hydrogens is 338 g/mol. The zero-order valence-electron chi connectivity index (χ0n) is 15.1. The highest BCUT2D eigenvalue weighted by atomic mass is 32.1. The Morgan fingerprint density at radius 2 is 1.68 bits per heavy atom. The molecule has 0 heterocycles. The minimum atomic E-state index is -0.105. The summed E-state index contributed by atoms with van der Waals surface area (Å²) in [6, 6.07) is 5.23. The zero-order valence-corrected chi connectivity index (χ0v) is 15.9. The van der Waals surface area contributed by atoms with Gasteiger partial charge in [-0.05, 0) is 37.2 Å². The number of anilines is 2. The summed E-state index contributed by atoms with van der Waals surface area (Å²) in [5, 5.41) is 8.66. The topological polar surface area (TPSA) is 79.5 Å². The standard InChI is InChI=1S/C18H27N3O3S/c1-4-6-8-16(22)20-14-11-10-13(12-15(14)24-3)19-18(25)21-17(23)9-7-5-2/h10-12H,4-9H2,1-3H3,(H,20,22)(H2,19,21,23,25). The van der Waals surface area contributed by atoms with Crippen molar-refractivity contribution in [2.75, 3.05) is 17.7 Å². The second kappa shape index (κ2) is 11.4. The van der Waals surface area contributed by atoms with Crippen LogP contribution < -0.4 is 20.7 Å². The number of carbonyl (C=O) groups excluding carboxylic acids is 2. The number of carbonyl (C=O) groups is 2. The second-order valence-electron chi connectivity index (χ2n) is 5.67. The Hall–Kier alpha value is -2.15. The number of thiocarbonyl (C=S) groups is 1. The molecule has 0 aliphatic rings. The lowest BCUT2D eigenvalue weighted by atomic mass is 10.2. The largest absolute Gasteiger partial charge is 0.494 e. The molecule has 0 radical (unpaired) electrons. The van der Waals surface area contributed by atoms with Gasteiger partial charge in [-0.15, -0.1) is 0 Å². The number of methoxy groups -OCH3 is 1. The van der Waals surface area contributed by atoms with E-state index in [1.54, 1.807) is 18.2 Å². The Morgan fingerprint density at radius 3 is 2.28 bits per heavy atom. The molecule has 1 aromatic carbocycles. The average molecular weight is 365 g/mol. The lowest BCUT2D eigenvalue weighted by Crippen LogP contribution is -2.33. The van der Waals surface area contributed by atoms with Gasteiger partial charge in [0.05, 0.1) is 12.8 Å². The lowest BCUT2D eigenvalue weighted by molar-refractivity contribution is -0.119. The summed E-state index contributed by atoms with van der Waals surface area (Å²) in [7, 11) is 1.53. The second-order valence-corrected chi connectivity index (χ2v) is 6.08. The van der Waals surface area contributed by atoms with Gasteiger partial charge >= 0.3 is 0 Å². The Morgan fingerprint density at radius 1 is 1.04 bits per heavy atom. The summed E-state index contributed by atoms with van der Waals surface area (Å²) < 4.78 is 5.32. The lowest BCUT2D eigenvalue weighted by Gasteiger charge is -2.14. The first-order valence-electron chi connectivity index (χ1n) is 8.58. The number of amides is 2. The van der Waals surface area contributed by atoms with Crippen LogP contribution in [0.4, 0.5) is 11.4 Å². The number of hydrogen-bond acceptors (Lipinski definition) is 4. The number of unbranched alkanes of at least 4 members (excludes halogenated alkanes) is 2. The quantitative estimate of drug-likeness (QED) is 0.580. The molecule has 25 heavy (non-hydrogen) atoms. The van der Waals surface area contributed by atoms with E-state index < -0.39 is 0 Å². The maximum absolute atomic E-state index is 11.9. The number of ether oxygens (including phenoxy) is 1. The molecule has 6 nitrogen and oxygen atoms in total. The van der Waals surface area contributed by atoms with Gasteiger partial charge in [-0.2, -0.15) is 0 Å². The summed E-state index contributed by atoms with van der Waals surface area (Å²) in [4.78, 5) is 23.5. The Balaban J connectivity index is 2.66. The molecule has 0 bridgehead atoms. The van der Waals surface area contributed by atoms with Crippen molar-refractivity contribution in [3.05, 3.63) is 18.2 Å². The fraction of sp³-hybridized carbons (Fsp3) is 0.500. The molecule has 0 fully saturated rings. The summed E-state index contributed by atoms with van der Waals surface area (Å²) in [5.41, 5.74) is 1.27. The Kier molecular flexibility index (Phi) is 9.54. The third-order valence-corrected chi connectivity index (χ3v) is 3.71. The molecule has 3 N–H and O–H groups in total. The van der Waals surface area contributed by atoms with Crippen molar-refractivity contribution in [1.29, 1.82) is 0 Å². The van der Waals surface area contributed by atoms with Crippen molar-refractivity contribution in [2.45, 2.75) is 52.4 Å². The molecular formula is C18H27N3O3S. The van der Waals surface area contributed by atoms with Crippen LogP contribution in [0.15, 0.2) is 18.2 Å². The monoisotopic (exact) mass is 365 g/mol. The highest BCUT2D eigenvalue weighted by Crippen LogP contribution is 2.28. The third-order valence-electron chi connectivity index (χ3n) is 3.50. The fourth-order valence-corrected chi connectivity index (χ4v) is 2.34. The molecule has 7 heteroatoms. The van der Waals surface area contributed by atoms with E-state index in [9.17, 15) is 9.59 Å². The van der Waals surface area contributed by atoms with Crippen LogP contribution in [0.5, 0.6) is 5.75 Å². The minimum absolute atomic E-state index is 0.0421. The molecule has 2 amide bonds. The maximum Gasteiger partial charge on any atom is 0.226 e. The fourth-order valence-electron chi connectivity index (χ4n) is 2.11. The SMILES string of the molecule is CCCCC(=O)NC(=S)Nc1ccc(NC(=O)CCCC)c(OC)c1. The highest BCUT2D eigenvalue weighted by molar-refractivity contribution is 7.80. The summed E-state index contributed by atoms with van der Waals surface area (Å²) in [5.74, 6) is 0.376. The van der Waals surface area contributed by atoms with Crippen molar-refractivity contribution < 1.29 is 14.3 Å². The van der Waals surface area contributed by atoms with E-state index in [2.05, 4.69) is 16.0 Å². The van der Waals surface area contributed by atoms with Gasteiger partial charge in [0.2, 0.25) is 11.8 Å². The predicted molar refractivity (Wildman–Crippen MR) is 105 cm³/mol. The summed E-state index contributed by atoms with van der Waals surface area (Å²) in [6.45, 7) is 4.07. The van der Waals surface area contributed by atoms with Gasteiger partial charge in [-0.25, -0.2) is 0 Å². The molecule has 0 atom stereocenters. The van der Waals surface area contributed by atoms with Gasteiger partial charge in [-0.3, -0.25) is 9.59 Å². The molecule has 0 aromatic heterocycles. The number of hydrogen-bond donors (Lipinski definition) is 3. The van der Waals surface area contributed by atoms with Crippen molar-refractivity contribution in [3.63, 3.8) is 0 Å². The van der Waals surface area contributed by atoms with Crippen LogP contribution in [0, 0.1) is 0 Å². The van der Waals surface area contributed by atoms with E-state index in [0.717, 1.165) is 25.7 Å². The van der Waals surface area contributed by atoms with Gasteiger partial charge in [0.1, 0.15) is 5.75 Å². The number of rotatable bonds is 9. The molecule has 0 unspecified atom stereocenters. The first-order valence-corrected chi connectivity index (χ1v) is 8.99. The Labute approximate surface area is 154 Å². The Bertz CT molecular complexity index is 605. The highest BCUT2D eigenvalue weighted by Gasteiger charge is 2.10. The van der Waals surface area contributed by atoms with Crippen LogP contribution >= 0.6 is 12.2 Å². The number of benzene rings is 1. The van der Waals surface area contributed by atoms with E-state index in [1.807, 2.05) is 13.8 Å². The van der Waals surface area contributed by atoms with E-state index >= 15 is 0 Å². The van der Waals surface area contributed by atoms with E-state index in [0.29, 0.717) is 30.0 Å². The molecule has 0 aliphatic carbocycles. The van der Waals surface area contributed by atoms with Crippen LogP contribution in [-0.4, -0.2) is 24.0 Å². The van der Waals surface area contributed by atoms with Crippen molar-refractivity contribution in [1.82, 2.24) is 5.32 Å².